The van der Waals surface area contributed by atoms with Crippen LogP contribution in [0.3, 0.4) is 0 Å². The third kappa shape index (κ3) is 5.06. The van der Waals surface area contributed by atoms with Gasteiger partial charge in [-0.15, -0.1) is 0 Å². The summed E-state index contributed by atoms with van der Waals surface area (Å²) >= 11 is 0. The van der Waals surface area contributed by atoms with Crippen molar-refractivity contribution in [2.45, 2.75) is 46.2 Å². The van der Waals surface area contributed by atoms with Gasteiger partial charge >= 0.3 is 12.1 Å². The van der Waals surface area contributed by atoms with Crippen molar-refractivity contribution < 1.29 is 19.1 Å². The normalized spacial score (nSPS) is 11.9. The van der Waals surface area contributed by atoms with Gasteiger partial charge < -0.3 is 9.47 Å². The minimum atomic E-state index is -0.421. The quantitative estimate of drug-likeness (QED) is 0.723. The van der Waals surface area contributed by atoms with Crippen LogP contribution in [0.2, 0.25) is 0 Å². The topological polar surface area (TPSA) is 55.8 Å². The molecule has 1 atom stereocenters. The Morgan fingerprint density at radius 1 is 1.05 bits per heavy atom. The first kappa shape index (κ1) is 18.0. The monoisotopic (exact) mass is 307 g/mol. The molecule has 122 valence electrons. The van der Waals surface area contributed by atoms with E-state index in [-0.39, 0.29) is 18.4 Å². The van der Waals surface area contributed by atoms with Crippen LogP contribution in [0.1, 0.15) is 45.7 Å². The molecule has 0 aliphatic rings. The van der Waals surface area contributed by atoms with Gasteiger partial charge in [-0.3, -0.25) is 9.69 Å². The molecule has 5 nitrogen and oxygen atoms in total. The van der Waals surface area contributed by atoms with Crippen LogP contribution in [0.5, 0.6) is 0 Å². The number of amides is 1. The van der Waals surface area contributed by atoms with Crippen LogP contribution in [0.15, 0.2) is 30.3 Å². The van der Waals surface area contributed by atoms with Gasteiger partial charge in [0.2, 0.25) is 0 Å². The Hall–Kier alpha value is -2.04. The van der Waals surface area contributed by atoms with Crippen LogP contribution in [0.4, 0.5) is 4.79 Å². The molecule has 1 amide bonds. The number of rotatable bonds is 7. The third-order valence-electron chi connectivity index (χ3n) is 3.22. The number of carbonyl (C=O) groups excluding carboxylic acids is 2. The molecule has 0 saturated carbocycles. The van der Waals surface area contributed by atoms with Gasteiger partial charge in [0.05, 0.1) is 25.7 Å². The number of nitrogens with zero attached hydrogens (tertiary/aromatic N) is 1. The summed E-state index contributed by atoms with van der Waals surface area (Å²) in [4.78, 5) is 25.8. The Morgan fingerprint density at radius 3 is 2.14 bits per heavy atom. The summed E-state index contributed by atoms with van der Waals surface area (Å²) in [5.41, 5.74) is 0.886. The summed E-state index contributed by atoms with van der Waals surface area (Å²) in [6.07, 6.45) is -0.315. The third-order valence-corrected chi connectivity index (χ3v) is 3.22. The lowest BCUT2D eigenvalue weighted by Crippen LogP contribution is -2.41. The van der Waals surface area contributed by atoms with Gasteiger partial charge in [0.1, 0.15) is 0 Å². The zero-order chi connectivity index (χ0) is 16.5. The number of carbonyl (C=O) groups is 2. The lowest BCUT2D eigenvalue weighted by Gasteiger charge is -2.34. The van der Waals surface area contributed by atoms with Crippen LogP contribution >= 0.6 is 0 Å². The van der Waals surface area contributed by atoms with E-state index >= 15 is 0 Å². The average Bonchev–Trinajstić information content (AvgIpc) is 2.47. The van der Waals surface area contributed by atoms with Crippen LogP contribution in [0, 0.1) is 0 Å². The molecule has 0 heterocycles. The molecule has 0 N–H and O–H groups in total. The molecule has 0 fully saturated rings. The second-order valence-electron chi connectivity index (χ2n) is 5.14. The van der Waals surface area contributed by atoms with Crippen molar-refractivity contribution in [3.8, 4) is 0 Å². The smallest absolute Gasteiger partial charge is 0.410 e. The van der Waals surface area contributed by atoms with E-state index in [1.807, 2.05) is 44.2 Å². The fourth-order valence-electron chi connectivity index (χ4n) is 2.33. The molecule has 0 saturated heterocycles. The summed E-state index contributed by atoms with van der Waals surface area (Å²) < 4.78 is 10.2. The number of esters is 1. The highest BCUT2D eigenvalue weighted by Gasteiger charge is 2.30. The van der Waals surface area contributed by atoms with Crippen LogP contribution < -0.4 is 0 Å². The van der Waals surface area contributed by atoms with Gasteiger partial charge in [-0.2, -0.15) is 0 Å². The van der Waals surface area contributed by atoms with Crippen molar-refractivity contribution in [3.05, 3.63) is 35.9 Å². The van der Waals surface area contributed by atoms with E-state index in [1.165, 1.54) is 0 Å². The van der Waals surface area contributed by atoms with Crippen molar-refractivity contribution in [1.82, 2.24) is 4.90 Å². The lowest BCUT2D eigenvalue weighted by molar-refractivity contribution is -0.144. The molecule has 0 aromatic heterocycles. The predicted molar refractivity (Wildman–Crippen MR) is 84.4 cm³/mol. The van der Waals surface area contributed by atoms with Gasteiger partial charge in [0, 0.05) is 6.04 Å². The predicted octanol–water partition coefficient (Wildman–Crippen LogP) is 3.55. The highest BCUT2D eigenvalue weighted by molar-refractivity contribution is 5.73. The molecule has 0 aliphatic carbocycles. The van der Waals surface area contributed by atoms with E-state index in [1.54, 1.807) is 18.7 Å². The molecule has 22 heavy (non-hydrogen) atoms. The summed E-state index contributed by atoms with van der Waals surface area (Å²) in [6, 6.07) is 8.97. The largest absolute Gasteiger partial charge is 0.466 e. The van der Waals surface area contributed by atoms with E-state index in [0.29, 0.717) is 13.2 Å². The summed E-state index contributed by atoms with van der Waals surface area (Å²) in [7, 11) is 0. The van der Waals surface area contributed by atoms with Gasteiger partial charge in [-0.1, -0.05) is 30.3 Å². The maximum Gasteiger partial charge on any atom is 0.410 e. The number of hydrogen-bond donors (Lipinski definition) is 0. The van der Waals surface area contributed by atoms with E-state index in [2.05, 4.69) is 0 Å². The number of ether oxygens (including phenoxy) is 2. The molecule has 0 bridgehead atoms. The van der Waals surface area contributed by atoms with Gasteiger partial charge in [0.15, 0.2) is 0 Å². The highest BCUT2D eigenvalue weighted by atomic mass is 16.6. The zero-order valence-corrected chi connectivity index (χ0v) is 13.7. The van der Waals surface area contributed by atoms with Crippen LogP contribution in [-0.4, -0.2) is 36.2 Å². The first-order chi connectivity index (χ1) is 10.5. The van der Waals surface area contributed by atoms with Gasteiger partial charge in [0.25, 0.3) is 0 Å². The molecular formula is C17H25NO4. The van der Waals surface area contributed by atoms with Crippen molar-refractivity contribution in [2.24, 2.45) is 0 Å². The number of hydrogen-bond acceptors (Lipinski definition) is 4. The molecule has 1 aromatic carbocycles. The average molecular weight is 307 g/mol. The van der Waals surface area contributed by atoms with E-state index in [9.17, 15) is 9.59 Å². The summed E-state index contributed by atoms with van der Waals surface area (Å²) in [6.45, 7) is 7.95. The standard InChI is InChI=1S/C17H25NO4/c1-5-21-16(19)12-15(14-10-8-7-9-11-14)18(13(3)4)17(20)22-6-2/h7-11,13,15H,5-6,12H2,1-4H3. The maximum atomic E-state index is 12.3. The summed E-state index contributed by atoms with van der Waals surface area (Å²) in [5, 5.41) is 0. The fourth-order valence-corrected chi connectivity index (χ4v) is 2.33. The van der Waals surface area contributed by atoms with Crippen molar-refractivity contribution in [3.63, 3.8) is 0 Å². The second kappa shape index (κ2) is 9.07. The van der Waals surface area contributed by atoms with Crippen LogP contribution in [-0.2, 0) is 14.3 Å². The molecule has 0 radical (unpaired) electrons. The minimum Gasteiger partial charge on any atom is -0.466 e. The Labute approximate surface area is 132 Å². The van der Waals surface area contributed by atoms with Crippen LogP contribution in [0.25, 0.3) is 0 Å². The fraction of sp³-hybridized carbons (Fsp3) is 0.529. The molecular weight excluding hydrogens is 282 g/mol. The van der Waals surface area contributed by atoms with Crippen molar-refractivity contribution in [2.75, 3.05) is 13.2 Å². The highest BCUT2D eigenvalue weighted by Crippen LogP contribution is 2.27. The first-order valence-corrected chi connectivity index (χ1v) is 7.66. The van der Waals surface area contributed by atoms with E-state index < -0.39 is 12.1 Å². The Morgan fingerprint density at radius 2 is 1.64 bits per heavy atom. The lowest BCUT2D eigenvalue weighted by atomic mass is 10.0. The van der Waals surface area contributed by atoms with Crippen molar-refractivity contribution >= 4 is 12.1 Å². The first-order valence-electron chi connectivity index (χ1n) is 7.66. The van der Waals surface area contributed by atoms with E-state index in [4.69, 9.17) is 9.47 Å². The van der Waals surface area contributed by atoms with Crippen molar-refractivity contribution in [1.29, 1.82) is 0 Å². The summed E-state index contributed by atoms with van der Waals surface area (Å²) in [5.74, 6) is -0.327. The van der Waals surface area contributed by atoms with Gasteiger partial charge in [-0.25, -0.2) is 4.79 Å². The molecule has 0 aliphatic heterocycles. The van der Waals surface area contributed by atoms with E-state index in [0.717, 1.165) is 5.56 Å². The second-order valence-corrected chi connectivity index (χ2v) is 5.14. The molecule has 1 rings (SSSR count). The SMILES string of the molecule is CCOC(=O)CC(c1ccccc1)N(C(=O)OCC)C(C)C. The Kier molecular flexibility index (Phi) is 7.43. The number of benzene rings is 1. The molecule has 1 unspecified atom stereocenters. The zero-order valence-electron chi connectivity index (χ0n) is 13.7. The molecule has 0 spiro atoms. The minimum absolute atomic E-state index is 0.0984. The molecule has 1 aromatic rings. The Bertz CT molecular complexity index is 473. The molecule has 5 heteroatoms. The van der Waals surface area contributed by atoms with Gasteiger partial charge in [-0.05, 0) is 33.3 Å². The Balaban J connectivity index is 3.10. The maximum absolute atomic E-state index is 12.3.